The number of likely N-dealkylation sites (tertiary alicyclic amines) is 1. The van der Waals surface area contributed by atoms with E-state index < -0.39 is 5.91 Å². The molecule has 1 amide bonds. The van der Waals surface area contributed by atoms with Gasteiger partial charge in [0.05, 0.1) is 5.56 Å². The predicted molar refractivity (Wildman–Crippen MR) is 88.9 cm³/mol. The minimum absolute atomic E-state index is 0.265. The molecular weight excluding hydrogens is 306 g/mol. The molecule has 1 aromatic heterocycles. The van der Waals surface area contributed by atoms with E-state index in [9.17, 15) is 4.79 Å². The van der Waals surface area contributed by atoms with E-state index in [4.69, 9.17) is 5.21 Å². The van der Waals surface area contributed by atoms with Crippen LogP contribution in [-0.4, -0.2) is 58.7 Å². The first-order chi connectivity index (χ1) is 11.7. The van der Waals surface area contributed by atoms with Crippen molar-refractivity contribution in [2.75, 3.05) is 37.6 Å². The summed E-state index contributed by atoms with van der Waals surface area (Å²) < 4.78 is 0. The highest BCUT2D eigenvalue weighted by Gasteiger charge is 2.48. The van der Waals surface area contributed by atoms with Gasteiger partial charge in [-0.05, 0) is 25.2 Å². The standard InChI is InChI=1S/C17H25N5O2/c23-15(20-24)14-7-18-16(19-8-14)22-6-5-17(12-22)10-21(11-17)9-13-3-1-2-4-13/h7-8,13,24H,1-6,9-12H2,(H,20,23). The highest BCUT2D eigenvalue weighted by atomic mass is 16.5. The number of carbonyl (C=O) groups excluding carboxylic acids is 1. The molecule has 3 heterocycles. The van der Waals surface area contributed by atoms with Gasteiger partial charge in [0.1, 0.15) is 0 Å². The lowest BCUT2D eigenvalue weighted by Crippen LogP contribution is -2.58. The summed E-state index contributed by atoms with van der Waals surface area (Å²) in [6.45, 7) is 5.65. The van der Waals surface area contributed by atoms with Crippen molar-refractivity contribution in [2.45, 2.75) is 32.1 Å². The van der Waals surface area contributed by atoms with Crippen LogP contribution in [0.15, 0.2) is 12.4 Å². The van der Waals surface area contributed by atoms with Crippen molar-refractivity contribution in [3.05, 3.63) is 18.0 Å². The minimum Gasteiger partial charge on any atom is -0.340 e. The number of aromatic nitrogens is 2. The van der Waals surface area contributed by atoms with Crippen molar-refractivity contribution >= 4 is 11.9 Å². The summed E-state index contributed by atoms with van der Waals surface area (Å²) in [5, 5.41) is 8.63. The van der Waals surface area contributed by atoms with Crippen LogP contribution in [0.25, 0.3) is 0 Å². The summed E-state index contributed by atoms with van der Waals surface area (Å²) in [5.74, 6) is 1.02. The van der Waals surface area contributed by atoms with Gasteiger partial charge in [0.25, 0.3) is 5.91 Å². The third-order valence-electron chi connectivity index (χ3n) is 5.83. The zero-order valence-electron chi connectivity index (χ0n) is 13.9. The number of nitrogens with zero attached hydrogens (tertiary/aromatic N) is 4. The smallest absolute Gasteiger partial charge is 0.277 e. The second-order valence-corrected chi connectivity index (χ2v) is 7.70. The largest absolute Gasteiger partial charge is 0.340 e. The molecule has 0 aromatic carbocycles. The molecule has 3 aliphatic rings. The van der Waals surface area contributed by atoms with Gasteiger partial charge in [0.2, 0.25) is 5.95 Å². The highest BCUT2D eigenvalue weighted by Crippen LogP contribution is 2.41. The molecule has 1 saturated carbocycles. The number of carbonyl (C=O) groups is 1. The molecule has 3 fully saturated rings. The molecule has 0 bridgehead atoms. The van der Waals surface area contributed by atoms with Crippen LogP contribution in [0, 0.1) is 11.3 Å². The lowest BCUT2D eigenvalue weighted by molar-refractivity contribution is 0.00705. The van der Waals surface area contributed by atoms with Gasteiger partial charge in [-0.3, -0.25) is 10.0 Å². The quantitative estimate of drug-likeness (QED) is 0.639. The van der Waals surface area contributed by atoms with Gasteiger partial charge in [-0.25, -0.2) is 15.4 Å². The average Bonchev–Trinajstić information content (AvgIpc) is 3.24. The Balaban J connectivity index is 1.31. The van der Waals surface area contributed by atoms with E-state index in [0.29, 0.717) is 11.4 Å². The van der Waals surface area contributed by atoms with Gasteiger partial charge in [0.15, 0.2) is 0 Å². The molecule has 2 N–H and O–H groups in total. The number of amides is 1. The molecule has 0 atom stereocenters. The van der Waals surface area contributed by atoms with E-state index in [1.54, 1.807) is 5.48 Å². The lowest BCUT2D eigenvalue weighted by Gasteiger charge is -2.49. The number of hydrogen-bond acceptors (Lipinski definition) is 6. The Morgan fingerprint density at radius 1 is 1.25 bits per heavy atom. The molecule has 1 aliphatic carbocycles. The van der Waals surface area contributed by atoms with Crippen molar-refractivity contribution in [3.8, 4) is 0 Å². The average molecular weight is 331 g/mol. The fraction of sp³-hybridized carbons (Fsp3) is 0.706. The minimum atomic E-state index is -0.582. The lowest BCUT2D eigenvalue weighted by atomic mass is 9.78. The van der Waals surface area contributed by atoms with Crippen LogP contribution in [0.1, 0.15) is 42.5 Å². The Labute approximate surface area is 142 Å². The van der Waals surface area contributed by atoms with Gasteiger partial charge in [-0.15, -0.1) is 0 Å². The van der Waals surface area contributed by atoms with Crippen LogP contribution in [0.2, 0.25) is 0 Å². The first-order valence-corrected chi connectivity index (χ1v) is 8.91. The van der Waals surface area contributed by atoms with Crippen molar-refractivity contribution in [1.82, 2.24) is 20.3 Å². The Morgan fingerprint density at radius 3 is 2.62 bits per heavy atom. The molecule has 4 rings (SSSR count). The van der Waals surface area contributed by atoms with Crippen LogP contribution < -0.4 is 10.4 Å². The zero-order valence-corrected chi connectivity index (χ0v) is 13.9. The summed E-state index contributed by atoms with van der Waals surface area (Å²) in [6, 6.07) is 0. The summed E-state index contributed by atoms with van der Waals surface area (Å²) in [4.78, 5) is 24.7. The Kier molecular flexibility index (Phi) is 4.14. The van der Waals surface area contributed by atoms with Gasteiger partial charge in [-0.1, -0.05) is 12.8 Å². The molecule has 1 spiro atoms. The van der Waals surface area contributed by atoms with Crippen molar-refractivity contribution < 1.29 is 10.0 Å². The monoisotopic (exact) mass is 331 g/mol. The zero-order chi connectivity index (χ0) is 16.6. The Hall–Kier alpha value is -1.73. The fourth-order valence-corrected chi connectivity index (χ4v) is 4.62. The molecule has 7 heteroatoms. The van der Waals surface area contributed by atoms with Crippen LogP contribution in [-0.2, 0) is 0 Å². The van der Waals surface area contributed by atoms with Gasteiger partial charge < -0.3 is 9.80 Å². The molecule has 1 aromatic rings. The van der Waals surface area contributed by atoms with E-state index in [2.05, 4.69) is 19.8 Å². The Bertz CT molecular complexity index is 594. The van der Waals surface area contributed by atoms with Crippen molar-refractivity contribution in [1.29, 1.82) is 0 Å². The van der Waals surface area contributed by atoms with E-state index >= 15 is 0 Å². The number of hydrogen-bond donors (Lipinski definition) is 2. The molecule has 0 unspecified atom stereocenters. The summed E-state index contributed by atoms with van der Waals surface area (Å²) >= 11 is 0. The summed E-state index contributed by atoms with van der Waals surface area (Å²) in [5.41, 5.74) is 2.27. The van der Waals surface area contributed by atoms with Gasteiger partial charge in [-0.2, -0.15) is 0 Å². The van der Waals surface area contributed by atoms with E-state index in [-0.39, 0.29) is 5.56 Å². The maximum Gasteiger partial charge on any atom is 0.277 e. The van der Waals surface area contributed by atoms with Crippen LogP contribution >= 0.6 is 0 Å². The normalized spacial score (nSPS) is 23.6. The maximum atomic E-state index is 11.3. The number of rotatable bonds is 4. The summed E-state index contributed by atoms with van der Waals surface area (Å²) in [7, 11) is 0. The van der Waals surface area contributed by atoms with E-state index in [1.165, 1.54) is 64.1 Å². The van der Waals surface area contributed by atoms with Crippen LogP contribution in [0.3, 0.4) is 0 Å². The third-order valence-corrected chi connectivity index (χ3v) is 5.83. The van der Waals surface area contributed by atoms with Crippen LogP contribution in [0.4, 0.5) is 5.95 Å². The van der Waals surface area contributed by atoms with E-state index in [1.807, 2.05) is 0 Å². The number of nitrogens with one attached hydrogen (secondary N) is 1. The Morgan fingerprint density at radius 2 is 1.96 bits per heavy atom. The SMILES string of the molecule is O=C(NO)c1cnc(N2CCC3(CN(CC4CCCC4)C3)C2)nc1. The first kappa shape index (κ1) is 15.8. The second-order valence-electron chi connectivity index (χ2n) is 7.70. The number of hydroxylamine groups is 1. The van der Waals surface area contributed by atoms with Crippen LogP contribution in [0.5, 0.6) is 0 Å². The fourth-order valence-electron chi connectivity index (χ4n) is 4.62. The molecule has 7 nitrogen and oxygen atoms in total. The number of anilines is 1. The highest BCUT2D eigenvalue weighted by molar-refractivity contribution is 5.92. The van der Waals surface area contributed by atoms with Gasteiger partial charge >= 0.3 is 0 Å². The molecule has 130 valence electrons. The van der Waals surface area contributed by atoms with Crippen molar-refractivity contribution in [2.24, 2.45) is 11.3 Å². The van der Waals surface area contributed by atoms with E-state index in [0.717, 1.165) is 19.0 Å². The first-order valence-electron chi connectivity index (χ1n) is 8.91. The topological polar surface area (TPSA) is 81.6 Å². The summed E-state index contributed by atoms with van der Waals surface area (Å²) in [6.07, 6.45) is 9.78. The third kappa shape index (κ3) is 2.98. The van der Waals surface area contributed by atoms with Crippen molar-refractivity contribution in [3.63, 3.8) is 0 Å². The molecule has 2 aliphatic heterocycles. The second kappa shape index (κ2) is 6.29. The maximum absolute atomic E-state index is 11.3. The molecule has 0 radical (unpaired) electrons. The van der Waals surface area contributed by atoms with Gasteiger partial charge in [0, 0.05) is 50.5 Å². The molecule has 24 heavy (non-hydrogen) atoms. The molecule has 2 saturated heterocycles. The molecular formula is C17H25N5O2. The predicted octanol–water partition coefficient (Wildman–Crippen LogP) is 1.30.